The van der Waals surface area contributed by atoms with Crippen LogP contribution in [0.25, 0.3) is 0 Å². The number of rotatable bonds is 64. The van der Waals surface area contributed by atoms with Crippen LogP contribution in [-0.2, 0) is 33.2 Å². The van der Waals surface area contributed by atoms with Crippen LogP contribution in [0, 0.1) is 0 Å². The van der Waals surface area contributed by atoms with Crippen LogP contribution in [0.1, 0.15) is 328 Å². The predicted octanol–water partition coefficient (Wildman–Crippen LogP) is 13.1. The fraction of sp³-hybridized carbons (Fsp3) is 0.911. The molecule has 12 N–H and O–H groups in total. The Bertz CT molecular complexity index is 1910. The topological polar surface area (TPSA) is 307 Å². The first kappa shape index (κ1) is 90.2. The van der Waals surface area contributed by atoms with Crippen LogP contribution in [-0.4, -0.2) is 193 Å². The maximum atomic E-state index is 13.4. The Kier molecular flexibility index (Phi) is 55.5. The van der Waals surface area contributed by atoms with Gasteiger partial charge in [0.2, 0.25) is 5.91 Å². The normalized spacial score (nSPS) is 26.9. The lowest BCUT2D eigenvalue weighted by atomic mass is 9.96. The van der Waals surface area contributed by atoms with Crippen LogP contribution in [0.5, 0.6) is 0 Å². The third-order valence-corrected chi connectivity index (χ3v) is 20.2. The number of carbonyl (C=O) groups is 1. The minimum atomic E-state index is -1.98. The van der Waals surface area contributed by atoms with E-state index >= 15 is 0 Å². The van der Waals surface area contributed by atoms with E-state index in [0.29, 0.717) is 12.8 Å². The Labute approximate surface area is 593 Å². The number of unbranched alkanes of at least 4 members (excludes halogenated alkanes) is 44. The first-order valence-electron chi connectivity index (χ1n) is 40.2. The standard InChI is InChI=1S/C79H147NO18/c1-3-5-7-9-11-13-15-17-19-20-21-22-23-24-25-26-27-28-29-30-31-32-33-34-35-36-37-38-39-40-41-43-45-47-49-51-53-55-57-67(85)80-62(63(84)56-54-52-50-48-46-44-42-18-16-14-12-10-8-6-4-2)61-93-77-73(91)70(88)75(65(59-82)95-77)98-79-74(92)71(89)76(66(60-83)96-79)97-78-72(90)69(87)68(86)64(58-81)94-78/h16,18,46,48,54,56,62-66,68-79,81-84,86-92H,3-15,17,19-45,47,49-53,55,57-61H2,1-2H3,(H,80,85)/b18-16+,48-46+,56-54+. The van der Waals surface area contributed by atoms with E-state index in [-0.39, 0.29) is 18.9 Å². The van der Waals surface area contributed by atoms with Crippen LogP contribution in [0.2, 0.25) is 0 Å². The first-order chi connectivity index (χ1) is 47.8. The molecule has 17 atom stereocenters. The number of amides is 1. The summed E-state index contributed by atoms with van der Waals surface area (Å²) in [6.07, 6.45) is 47.5. The van der Waals surface area contributed by atoms with Gasteiger partial charge in [0.15, 0.2) is 18.9 Å². The summed E-state index contributed by atoms with van der Waals surface area (Å²) >= 11 is 0. The maximum Gasteiger partial charge on any atom is 0.220 e. The third kappa shape index (κ3) is 40.3. The van der Waals surface area contributed by atoms with Gasteiger partial charge in [-0.25, -0.2) is 0 Å². The van der Waals surface area contributed by atoms with Gasteiger partial charge >= 0.3 is 0 Å². The van der Waals surface area contributed by atoms with Crippen LogP contribution in [0.4, 0.5) is 0 Å². The molecule has 3 rings (SSSR count). The molecule has 3 heterocycles. The van der Waals surface area contributed by atoms with Crippen molar-refractivity contribution in [3.8, 4) is 0 Å². The van der Waals surface area contributed by atoms with E-state index in [9.17, 15) is 61.0 Å². The number of nitrogens with one attached hydrogen (secondary N) is 1. The lowest BCUT2D eigenvalue weighted by molar-refractivity contribution is -0.379. The van der Waals surface area contributed by atoms with Crippen LogP contribution < -0.4 is 5.32 Å². The molecule has 19 nitrogen and oxygen atoms in total. The summed E-state index contributed by atoms with van der Waals surface area (Å²) in [7, 11) is 0. The summed E-state index contributed by atoms with van der Waals surface area (Å²) in [6.45, 7) is 1.72. The lowest BCUT2D eigenvalue weighted by Crippen LogP contribution is -2.66. The highest BCUT2D eigenvalue weighted by Gasteiger charge is 2.54. The molecule has 98 heavy (non-hydrogen) atoms. The number of hydrogen-bond donors (Lipinski definition) is 12. The second-order valence-corrected chi connectivity index (χ2v) is 28.9. The Morgan fingerprint density at radius 3 is 1.02 bits per heavy atom. The Balaban J connectivity index is 1.30. The zero-order valence-corrected chi connectivity index (χ0v) is 61.5. The van der Waals surface area contributed by atoms with Gasteiger partial charge < -0.3 is 89.9 Å². The molecule has 0 aliphatic carbocycles. The van der Waals surface area contributed by atoms with Gasteiger partial charge in [-0.2, -0.15) is 0 Å². The summed E-state index contributed by atoms with van der Waals surface area (Å²) in [4.78, 5) is 13.4. The summed E-state index contributed by atoms with van der Waals surface area (Å²) < 4.78 is 34.4. The second kappa shape index (κ2) is 60.3. The van der Waals surface area contributed by atoms with Crippen molar-refractivity contribution in [1.82, 2.24) is 5.32 Å². The Hall–Kier alpha value is -1.99. The number of aliphatic hydroxyl groups excluding tert-OH is 11. The van der Waals surface area contributed by atoms with Crippen LogP contribution in [0.15, 0.2) is 36.5 Å². The zero-order chi connectivity index (χ0) is 71.1. The summed E-state index contributed by atoms with van der Waals surface area (Å²) in [5, 5.41) is 121. The molecule has 0 spiro atoms. The van der Waals surface area contributed by atoms with Crippen molar-refractivity contribution in [3.05, 3.63) is 36.5 Å². The molecule has 0 aromatic heterocycles. The van der Waals surface area contributed by atoms with Crippen molar-refractivity contribution < 1.29 is 89.4 Å². The molecule has 19 heteroatoms. The second-order valence-electron chi connectivity index (χ2n) is 28.9. The maximum absolute atomic E-state index is 13.4. The number of carbonyl (C=O) groups excluding carboxylic acids is 1. The molecule has 0 radical (unpaired) electrons. The molecule has 3 aliphatic rings. The lowest BCUT2D eigenvalue weighted by Gasteiger charge is -2.48. The van der Waals surface area contributed by atoms with Crippen LogP contribution in [0.3, 0.4) is 0 Å². The monoisotopic (exact) mass is 1400 g/mol. The molecule has 0 bridgehead atoms. The van der Waals surface area contributed by atoms with Gasteiger partial charge in [-0.1, -0.05) is 314 Å². The molecule has 3 aliphatic heterocycles. The Morgan fingerprint density at radius 2 is 0.653 bits per heavy atom. The van der Waals surface area contributed by atoms with Gasteiger partial charge in [0.25, 0.3) is 0 Å². The van der Waals surface area contributed by atoms with E-state index in [4.69, 9.17) is 28.4 Å². The molecule has 0 aromatic carbocycles. The molecule has 3 saturated heterocycles. The fourth-order valence-corrected chi connectivity index (χ4v) is 13.7. The van der Waals surface area contributed by atoms with Crippen molar-refractivity contribution in [2.24, 2.45) is 0 Å². The quantitative estimate of drug-likeness (QED) is 0.0199. The smallest absolute Gasteiger partial charge is 0.220 e. The molecule has 0 aromatic rings. The minimum absolute atomic E-state index is 0.236. The molecular formula is C79H147NO18. The van der Waals surface area contributed by atoms with Crippen molar-refractivity contribution >= 4 is 5.91 Å². The number of aliphatic hydroxyl groups is 11. The molecule has 0 saturated carbocycles. The highest BCUT2D eigenvalue weighted by atomic mass is 16.8. The van der Waals surface area contributed by atoms with Gasteiger partial charge in [-0.3, -0.25) is 4.79 Å². The summed E-state index contributed by atoms with van der Waals surface area (Å²) in [6, 6.07) is -0.995. The van der Waals surface area contributed by atoms with E-state index in [1.807, 2.05) is 6.08 Å². The van der Waals surface area contributed by atoms with E-state index in [1.54, 1.807) is 6.08 Å². The average Bonchev–Trinajstić information content (AvgIpc) is 0.785. The highest BCUT2D eigenvalue weighted by molar-refractivity contribution is 5.76. The van der Waals surface area contributed by atoms with Gasteiger partial charge in [-0.15, -0.1) is 0 Å². The van der Waals surface area contributed by atoms with Crippen molar-refractivity contribution in [2.45, 2.75) is 433 Å². The van der Waals surface area contributed by atoms with Gasteiger partial charge in [-0.05, 0) is 44.9 Å². The van der Waals surface area contributed by atoms with Crippen molar-refractivity contribution in [2.75, 3.05) is 26.4 Å². The predicted molar refractivity (Wildman–Crippen MR) is 388 cm³/mol. The van der Waals surface area contributed by atoms with Crippen molar-refractivity contribution in [3.63, 3.8) is 0 Å². The summed E-state index contributed by atoms with van der Waals surface area (Å²) in [5.41, 5.74) is 0. The minimum Gasteiger partial charge on any atom is -0.394 e. The van der Waals surface area contributed by atoms with Crippen molar-refractivity contribution in [1.29, 1.82) is 0 Å². The fourth-order valence-electron chi connectivity index (χ4n) is 13.7. The van der Waals surface area contributed by atoms with E-state index in [2.05, 4.69) is 43.5 Å². The molecule has 17 unspecified atom stereocenters. The SMILES string of the molecule is CCCCCCC/C=C/CC/C=C/CC/C=C/C(O)C(COC1OC(CO)C(OC2OC(CO)C(OC3OC(CO)C(O)C(O)C3O)C(O)C2O)C(O)C1O)NC(=O)CCCCCCCCCCCCCCCCCCCCCCCCCCCCCCCCCCCCCCCC. The van der Waals surface area contributed by atoms with E-state index in [1.165, 1.54) is 250 Å². The third-order valence-electron chi connectivity index (χ3n) is 20.2. The number of ether oxygens (including phenoxy) is 6. The molecular weight excluding hydrogens is 1250 g/mol. The van der Waals surface area contributed by atoms with E-state index < -0.39 is 124 Å². The van der Waals surface area contributed by atoms with Crippen LogP contribution >= 0.6 is 0 Å². The average molecular weight is 1400 g/mol. The Morgan fingerprint density at radius 1 is 0.357 bits per heavy atom. The zero-order valence-electron chi connectivity index (χ0n) is 61.5. The van der Waals surface area contributed by atoms with Gasteiger partial charge in [0.05, 0.1) is 38.6 Å². The van der Waals surface area contributed by atoms with E-state index in [0.717, 1.165) is 44.9 Å². The number of allylic oxidation sites excluding steroid dienone is 5. The first-order valence-corrected chi connectivity index (χ1v) is 40.2. The molecule has 1 amide bonds. The van der Waals surface area contributed by atoms with Gasteiger partial charge in [0.1, 0.15) is 73.2 Å². The number of hydrogen-bond acceptors (Lipinski definition) is 18. The molecule has 3 fully saturated rings. The largest absolute Gasteiger partial charge is 0.394 e. The van der Waals surface area contributed by atoms with Gasteiger partial charge in [0, 0.05) is 6.42 Å². The molecule has 576 valence electrons. The summed E-state index contributed by atoms with van der Waals surface area (Å²) in [5.74, 6) is -0.284. The highest BCUT2D eigenvalue weighted by Crippen LogP contribution is 2.33.